The molecule has 0 fully saturated rings. The number of amides is 1. The fraction of sp³-hybridized carbons (Fsp3) is 0.562. The second-order valence-corrected chi connectivity index (χ2v) is 5.91. The molecular formula is C16H24N2O3. The third-order valence-corrected chi connectivity index (χ3v) is 3.45. The highest BCUT2D eigenvalue weighted by Gasteiger charge is 2.20. The first-order valence-electron chi connectivity index (χ1n) is 7.36. The highest BCUT2D eigenvalue weighted by Crippen LogP contribution is 2.31. The van der Waals surface area contributed by atoms with Gasteiger partial charge in [-0.1, -0.05) is 19.9 Å². The zero-order valence-corrected chi connectivity index (χ0v) is 13.0. The molecule has 1 aliphatic heterocycles. The highest BCUT2D eigenvalue weighted by molar-refractivity contribution is 5.81. The first-order chi connectivity index (χ1) is 9.97. The van der Waals surface area contributed by atoms with Crippen LogP contribution in [-0.4, -0.2) is 37.1 Å². The summed E-state index contributed by atoms with van der Waals surface area (Å²) in [5, 5.41) is 0. The first kappa shape index (κ1) is 15.6. The number of ether oxygens (including phenoxy) is 2. The van der Waals surface area contributed by atoms with Crippen molar-refractivity contribution in [3.05, 3.63) is 23.8 Å². The molecule has 0 aliphatic carbocycles. The van der Waals surface area contributed by atoms with Crippen LogP contribution in [0.3, 0.4) is 0 Å². The number of carbonyl (C=O) groups is 1. The van der Waals surface area contributed by atoms with E-state index in [0.717, 1.165) is 17.1 Å². The lowest BCUT2D eigenvalue weighted by Crippen LogP contribution is -2.42. The average Bonchev–Trinajstić information content (AvgIpc) is 2.45. The van der Waals surface area contributed by atoms with Gasteiger partial charge in [0.25, 0.3) is 0 Å². The normalized spacial score (nSPS) is 14.9. The van der Waals surface area contributed by atoms with E-state index < -0.39 is 6.04 Å². The Morgan fingerprint density at radius 1 is 1.29 bits per heavy atom. The standard InChI is InChI=1S/C16H24N2O3/c1-11(2)8-13(17)16(19)18(3)10-12-4-5-14-15(9-12)21-7-6-20-14/h4-5,9,11,13H,6-8,10,17H2,1-3H3. The Morgan fingerprint density at radius 2 is 1.95 bits per heavy atom. The summed E-state index contributed by atoms with van der Waals surface area (Å²) in [5.74, 6) is 1.88. The van der Waals surface area contributed by atoms with Crippen molar-refractivity contribution in [2.45, 2.75) is 32.9 Å². The molecule has 1 amide bonds. The Hall–Kier alpha value is -1.75. The van der Waals surface area contributed by atoms with E-state index in [9.17, 15) is 4.79 Å². The lowest BCUT2D eigenvalue weighted by molar-refractivity contribution is -0.132. The maximum atomic E-state index is 12.2. The van der Waals surface area contributed by atoms with Gasteiger partial charge in [-0.05, 0) is 30.0 Å². The van der Waals surface area contributed by atoms with E-state index in [-0.39, 0.29) is 5.91 Å². The molecule has 0 saturated carbocycles. The zero-order valence-electron chi connectivity index (χ0n) is 13.0. The maximum Gasteiger partial charge on any atom is 0.239 e. The van der Waals surface area contributed by atoms with Crippen LogP contribution in [0.15, 0.2) is 18.2 Å². The summed E-state index contributed by atoms with van der Waals surface area (Å²) >= 11 is 0. The number of hydrogen-bond donors (Lipinski definition) is 1. The molecule has 5 nitrogen and oxygen atoms in total. The zero-order chi connectivity index (χ0) is 15.4. The molecule has 1 unspecified atom stereocenters. The Kier molecular flexibility index (Phi) is 5.07. The van der Waals surface area contributed by atoms with Crippen molar-refractivity contribution in [3.8, 4) is 11.5 Å². The summed E-state index contributed by atoms with van der Waals surface area (Å²) in [7, 11) is 1.78. The topological polar surface area (TPSA) is 64.8 Å². The predicted molar refractivity (Wildman–Crippen MR) is 81.3 cm³/mol. The van der Waals surface area contributed by atoms with E-state index in [1.165, 1.54) is 0 Å². The predicted octanol–water partition coefficient (Wildman–Crippen LogP) is 1.79. The Morgan fingerprint density at radius 3 is 2.62 bits per heavy atom. The lowest BCUT2D eigenvalue weighted by atomic mass is 10.0. The number of fused-ring (bicyclic) bond motifs is 1. The summed E-state index contributed by atoms with van der Waals surface area (Å²) < 4.78 is 11.0. The van der Waals surface area contributed by atoms with Gasteiger partial charge in [-0.25, -0.2) is 0 Å². The molecule has 116 valence electrons. The van der Waals surface area contributed by atoms with E-state index in [4.69, 9.17) is 15.2 Å². The van der Waals surface area contributed by atoms with Crippen molar-refractivity contribution in [2.24, 2.45) is 11.7 Å². The number of carbonyl (C=O) groups excluding carboxylic acids is 1. The van der Waals surface area contributed by atoms with Crippen molar-refractivity contribution < 1.29 is 14.3 Å². The lowest BCUT2D eigenvalue weighted by Gasteiger charge is -2.23. The van der Waals surface area contributed by atoms with Crippen LogP contribution in [0, 0.1) is 5.92 Å². The van der Waals surface area contributed by atoms with Gasteiger partial charge in [0.15, 0.2) is 11.5 Å². The number of likely N-dealkylation sites (N-methyl/N-ethyl adjacent to an activating group) is 1. The van der Waals surface area contributed by atoms with E-state index in [1.807, 2.05) is 18.2 Å². The second kappa shape index (κ2) is 6.80. The molecule has 1 aromatic rings. The van der Waals surface area contributed by atoms with Gasteiger partial charge >= 0.3 is 0 Å². The number of nitrogens with two attached hydrogens (primary N) is 1. The van der Waals surface area contributed by atoms with Crippen molar-refractivity contribution >= 4 is 5.91 Å². The van der Waals surface area contributed by atoms with Gasteiger partial charge in [0.2, 0.25) is 5.91 Å². The molecule has 5 heteroatoms. The molecule has 1 heterocycles. The van der Waals surface area contributed by atoms with Crippen LogP contribution in [0.2, 0.25) is 0 Å². The van der Waals surface area contributed by atoms with Crippen LogP contribution in [0.4, 0.5) is 0 Å². The van der Waals surface area contributed by atoms with Crippen LogP contribution in [0.5, 0.6) is 11.5 Å². The van der Waals surface area contributed by atoms with Crippen LogP contribution in [0.25, 0.3) is 0 Å². The summed E-state index contributed by atoms with van der Waals surface area (Å²) in [4.78, 5) is 13.9. The van der Waals surface area contributed by atoms with Gasteiger partial charge in [0, 0.05) is 13.6 Å². The highest BCUT2D eigenvalue weighted by atomic mass is 16.6. The number of rotatable bonds is 5. The Balaban J connectivity index is 1.99. The molecular weight excluding hydrogens is 268 g/mol. The van der Waals surface area contributed by atoms with Crippen LogP contribution in [0.1, 0.15) is 25.8 Å². The van der Waals surface area contributed by atoms with Gasteiger partial charge in [0.05, 0.1) is 6.04 Å². The Bertz CT molecular complexity index is 502. The van der Waals surface area contributed by atoms with Crippen molar-refractivity contribution in [1.82, 2.24) is 4.90 Å². The largest absolute Gasteiger partial charge is 0.486 e. The third kappa shape index (κ3) is 4.11. The van der Waals surface area contributed by atoms with Gasteiger partial charge in [-0.15, -0.1) is 0 Å². The number of hydrogen-bond acceptors (Lipinski definition) is 4. The van der Waals surface area contributed by atoms with Crippen molar-refractivity contribution in [1.29, 1.82) is 0 Å². The second-order valence-electron chi connectivity index (χ2n) is 5.91. The van der Waals surface area contributed by atoms with Gasteiger partial charge in [-0.3, -0.25) is 4.79 Å². The molecule has 0 spiro atoms. The quantitative estimate of drug-likeness (QED) is 0.898. The fourth-order valence-electron chi connectivity index (χ4n) is 2.43. The van der Waals surface area contributed by atoms with Crippen LogP contribution in [-0.2, 0) is 11.3 Å². The molecule has 1 atom stereocenters. The van der Waals surface area contributed by atoms with Crippen LogP contribution >= 0.6 is 0 Å². The summed E-state index contributed by atoms with van der Waals surface area (Å²) in [6.45, 7) is 5.78. The third-order valence-electron chi connectivity index (χ3n) is 3.45. The molecule has 1 aliphatic rings. The van der Waals surface area contributed by atoms with E-state index >= 15 is 0 Å². The summed E-state index contributed by atoms with van der Waals surface area (Å²) in [6, 6.07) is 5.32. The van der Waals surface area contributed by atoms with Crippen molar-refractivity contribution in [2.75, 3.05) is 20.3 Å². The maximum absolute atomic E-state index is 12.2. The minimum absolute atomic E-state index is 0.0291. The molecule has 21 heavy (non-hydrogen) atoms. The minimum Gasteiger partial charge on any atom is -0.486 e. The monoisotopic (exact) mass is 292 g/mol. The first-order valence-corrected chi connectivity index (χ1v) is 7.36. The number of nitrogens with zero attached hydrogens (tertiary/aromatic N) is 1. The molecule has 0 bridgehead atoms. The Labute approximate surface area is 126 Å². The summed E-state index contributed by atoms with van der Waals surface area (Å²) in [5.41, 5.74) is 6.95. The average molecular weight is 292 g/mol. The number of benzene rings is 1. The van der Waals surface area contributed by atoms with Gasteiger partial charge in [0.1, 0.15) is 13.2 Å². The molecule has 2 N–H and O–H groups in total. The van der Waals surface area contributed by atoms with E-state index in [0.29, 0.717) is 32.1 Å². The minimum atomic E-state index is -0.438. The smallest absolute Gasteiger partial charge is 0.239 e. The fourth-order valence-corrected chi connectivity index (χ4v) is 2.43. The molecule has 0 radical (unpaired) electrons. The van der Waals surface area contributed by atoms with Gasteiger partial charge < -0.3 is 20.1 Å². The molecule has 1 aromatic carbocycles. The van der Waals surface area contributed by atoms with E-state index in [2.05, 4.69) is 13.8 Å². The molecule has 2 rings (SSSR count). The van der Waals surface area contributed by atoms with E-state index in [1.54, 1.807) is 11.9 Å². The molecule has 0 saturated heterocycles. The van der Waals surface area contributed by atoms with Gasteiger partial charge in [-0.2, -0.15) is 0 Å². The SMILES string of the molecule is CC(C)CC(N)C(=O)N(C)Cc1ccc2c(c1)OCCO2. The van der Waals surface area contributed by atoms with Crippen molar-refractivity contribution in [3.63, 3.8) is 0 Å². The molecule has 0 aromatic heterocycles. The van der Waals surface area contributed by atoms with Crippen LogP contribution < -0.4 is 15.2 Å². The summed E-state index contributed by atoms with van der Waals surface area (Å²) in [6.07, 6.45) is 0.699.